The number of carboxylic acids is 2. The molecule has 0 bridgehead atoms. The van der Waals surface area contributed by atoms with Gasteiger partial charge in [-0.05, 0) is 51.0 Å². The van der Waals surface area contributed by atoms with Crippen LogP contribution in [-0.2, 0) is 21.6 Å². The SMILES string of the molecule is CCCC(CCC)(c1ccccc1OCc1cnc2ccc(OC)cc2c1OC(C)C)C(C(=O)O)C(=O)O. The number of rotatable bonds is 14. The molecule has 0 unspecified atom stereocenters. The number of aromatic nitrogens is 1. The average molecular weight is 524 g/mol. The van der Waals surface area contributed by atoms with Crippen molar-refractivity contribution in [1.29, 1.82) is 0 Å². The predicted molar refractivity (Wildman–Crippen MR) is 145 cm³/mol. The summed E-state index contributed by atoms with van der Waals surface area (Å²) < 4.78 is 17.9. The number of fused-ring (bicyclic) bond motifs is 1. The van der Waals surface area contributed by atoms with E-state index in [2.05, 4.69) is 4.98 Å². The minimum atomic E-state index is -1.61. The van der Waals surface area contributed by atoms with Crippen LogP contribution in [0.15, 0.2) is 48.7 Å². The maximum Gasteiger partial charge on any atom is 0.318 e. The molecule has 0 fully saturated rings. The zero-order valence-electron chi connectivity index (χ0n) is 22.7. The van der Waals surface area contributed by atoms with Crippen LogP contribution in [-0.4, -0.2) is 40.3 Å². The number of carbonyl (C=O) groups is 2. The van der Waals surface area contributed by atoms with Gasteiger partial charge in [0.2, 0.25) is 0 Å². The molecule has 3 aromatic rings. The second-order valence-corrected chi connectivity index (χ2v) is 9.71. The monoisotopic (exact) mass is 523 g/mol. The van der Waals surface area contributed by atoms with Crippen LogP contribution in [0.2, 0.25) is 0 Å². The lowest BCUT2D eigenvalue weighted by Crippen LogP contribution is -2.45. The number of hydrogen-bond acceptors (Lipinski definition) is 6. The van der Waals surface area contributed by atoms with Crippen molar-refractivity contribution in [3.8, 4) is 17.2 Å². The van der Waals surface area contributed by atoms with Gasteiger partial charge in [-0.15, -0.1) is 0 Å². The molecule has 0 aliphatic rings. The summed E-state index contributed by atoms with van der Waals surface area (Å²) in [5, 5.41) is 20.8. The zero-order chi connectivity index (χ0) is 27.9. The van der Waals surface area contributed by atoms with Crippen LogP contribution in [0.25, 0.3) is 10.9 Å². The van der Waals surface area contributed by atoms with Gasteiger partial charge in [0.25, 0.3) is 0 Å². The molecule has 2 N–H and O–H groups in total. The average Bonchev–Trinajstić information content (AvgIpc) is 2.87. The van der Waals surface area contributed by atoms with Crippen molar-refractivity contribution < 1.29 is 34.0 Å². The minimum absolute atomic E-state index is 0.0956. The molecule has 1 heterocycles. The molecule has 8 heteroatoms. The van der Waals surface area contributed by atoms with Crippen LogP contribution in [0.3, 0.4) is 0 Å². The van der Waals surface area contributed by atoms with Crippen LogP contribution >= 0.6 is 0 Å². The van der Waals surface area contributed by atoms with Crippen molar-refractivity contribution in [2.45, 2.75) is 71.5 Å². The van der Waals surface area contributed by atoms with Gasteiger partial charge in [0.05, 0.1) is 24.3 Å². The lowest BCUT2D eigenvalue weighted by atomic mass is 9.64. The largest absolute Gasteiger partial charge is 0.497 e. The van der Waals surface area contributed by atoms with E-state index in [-0.39, 0.29) is 12.7 Å². The zero-order valence-corrected chi connectivity index (χ0v) is 22.7. The Hall–Kier alpha value is -3.81. The Labute approximate surface area is 223 Å². The van der Waals surface area contributed by atoms with E-state index in [1.807, 2.05) is 45.9 Å². The molecule has 0 aliphatic heterocycles. The maximum atomic E-state index is 12.3. The summed E-state index contributed by atoms with van der Waals surface area (Å²) in [6.45, 7) is 7.83. The van der Waals surface area contributed by atoms with Gasteiger partial charge >= 0.3 is 11.9 Å². The number of methoxy groups -OCH3 is 1. The Kier molecular flexibility index (Phi) is 9.55. The lowest BCUT2D eigenvalue weighted by molar-refractivity contribution is -0.159. The van der Waals surface area contributed by atoms with Gasteiger partial charge in [0.1, 0.15) is 23.9 Å². The molecule has 0 saturated heterocycles. The molecule has 8 nitrogen and oxygen atoms in total. The number of hydrogen-bond donors (Lipinski definition) is 2. The van der Waals surface area contributed by atoms with Crippen molar-refractivity contribution in [1.82, 2.24) is 4.98 Å². The third-order valence-electron chi connectivity index (χ3n) is 6.70. The fourth-order valence-corrected chi connectivity index (χ4v) is 5.26. The molecule has 0 radical (unpaired) electrons. The standard InChI is InChI=1S/C30H37NO7/c1-6-14-30(15-7-2,26(28(32)33)29(34)35)23-10-8-9-11-25(23)37-18-20-17-31-24-13-12-21(36-5)16-22(24)27(20)38-19(3)4/h8-13,16-17,19,26H,6-7,14-15,18H2,1-5H3,(H,32,33)(H,34,35). The minimum Gasteiger partial charge on any atom is -0.497 e. The van der Waals surface area contributed by atoms with Crippen molar-refractivity contribution in [3.05, 3.63) is 59.8 Å². The van der Waals surface area contributed by atoms with Crippen molar-refractivity contribution in [2.75, 3.05) is 7.11 Å². The van der Waals surface area contributed by atoms with Gasteiger partial charge in [0.15, 0.2) is 5.92 Å². The molecule has 0 atom stereocenters. The molecule has 0 aliphatic carbocycles. The molecule has 1 aromatic heterocycles. The predicted octanol–water partition coefficient (Wildman–Crippen LogP) is 6.23. The molecular formula is C30H37NO7. The quantitative estimate of drug-likeness (QED) is 0.239. The first-order valence-corrected chi connectivity index (χ1v) is 13.0. The second kappa shape index (κ2) is 12.6. The fraction of sp³-hybridized carbons (Fsp3) is 0.433. The summed E-state index contributed by atoms with van der Waals surface area (Å²) in [5.41, 5.74) is 0.907. The van der Waals surface area contributed by atoms with E-state index < -0.39 is 23.3 Å². The van der Waals surface area contributed by atoms with Gasteiger partial charge in [-0.25, -0.2) is 0 Å². The van der Waals surface area contributed by atoms with Gasteiger partial charge in [-0.3, -0.25) is 14.6 Å². The summed E-state index contributed by atoms with van der Waals surface area (Å²) in [6, 6.07) is 12.7. The van der Waals surface area contributed by atoms with Gasteiger partial charge < -0.3 is 24.4 Å². The molecule has 204 valence electrons. The van der Waals surface area contributed by atoms with E-state index >= 15 is 0 Å². The van der Waals surface area contributed by atoms with Crippen molar-refractivity contribution in [3.63, 3.8) is 0 Å². The summed E-state index contributed by atoms with van der Waals surface area (Å²) in [7, 11) is 1.60. The number of ether oxygens (including phenoxy) is 3. The van der Waals surface area contributed by atoms with Crippen LogP contribution < -0.4 is 14.2 Å². The highest BCUT2D eigenvalue weighted by Gasteiger charge is 2.49. The topological polar surface area (TPSA) is 115 Å². The van der Waals surface area contributed by atoms with Gasteiger partial charge in [0, 0.05) is 22.6 Å². The first-order chi connectivity index (χ1) is 18.2. The Morgan fingerprint density at radius 2 is 1.66 bits per heavy atom. The Balaban J connectivity index is 2.11. The van der Waals surface area contributed by atoms with Gasteiger partial charge in [-0.1, -0.05) is 44.9 Å². The number of carboxylic acid groups (broad SMARTS) is 2. The molecular weight excluding hydrogens is 486 g/mol. The number of pyridine rings is 1. The van der Waals surface area contributed by atoms with Crippen LogP contribution in [0.4, 0.5) is 0 Å². The molecule has 0 spiro atoms. The van der Waals surface area contributed by atoms with Crippen molar-refractivity contribution >= 4 is 22.8 Å². The molecule has 0 saturated carbocycles. The first kappa shape index (κ1) is 28.8. The smallest absolute Gasteiger partial charge is 0.318 e. The summed E-state index contributed by atoms with van der Waals surface area (Å²) in [4.78, 5) is 29.1. The molecule has 38 heavy (non-hydrogen) atoms. The highest BCUT2D eigenvalue weighted by molar-refractivity contribution is 5.95. The van der Waals surface area contributed by atoms with Gasteiger partial charge in [-0.2, -0.15) is 0 Å². The number of para-hydroxylation sites is 1. The maximum absolute atomic E-state index is 12.3. The Morgan fingerprint density at radius 3 is 2.24 bits per heavy atom. The highest BCUT2D eigenvalue weighted by atomic mass is 16.5. The fourth-order valence-electron chi connectivity index (χ4n) is 5.26. The number of benzene rings is 2. The van der Waals surface area contributed by atoms with Crippen molar-refractivity contribution in [2.24, 2.45) is 5.92 Å². The Morgan fingerprint density at radius 1 is 1.00 bits per heavy atom. The number of nitrogens with zero attached hydrogens (tertiary/aromatic N) is 1. The highest BCUT2D eigenvalue weighted by Crippen LogP contribution is 2.46. The Bertz CT molecular complexity index is 1250. The van der Waals surface area contributed by atoms with E-state index in [1.54, 1.807) is 37.6 Å². The first-order valence-electron chi connectivity index (χ1n) is 13.0. The van der Waals surface area contributed by atoms with Crippen LogP contribution in [0.5, 0.6) is 17.2 Å². The summed E-state index contributed by atoms with van der Waals surface area (Å²) in [5.74, 6) is -2.56. The third-order valence-corrected chi connectivity index (χ3v) is 6.70. The van der Waals surface area contributed by atoms with E-state index in [4.69, 9.17) is 14.2 Å². The molecule has 0 amide bonds. The van der Waals surface area contributed by atoms with E-state index in [1.165, 1.54) is 0 Å². The third kappa shape index (κ3) is 6.01. The molecule has 3 rings (SSSR count). The molecule has 2 aromatic carbocycles. The second-order valence-electron chi connectivity index (χ2n) is 9.71. The summed E-state index contributed by atoms with van der Waals surface area (Å²) >= 11 is 0. The van der Waals surface area contributed by atoms with E-state index in [0.717, 1.165) is 10.9 Å². The summed E-state index contributed by atoms with van der Waals surface area (Å²) in [6.07, 6.45) is 3.62. The van der Waals surface area contributed by atoms with Crippen LogP contribution in [0.1, 0.15) is 64.5 Å². The van der Waals surface area contributed by atoms with E-state index in [9.17, 15) is 19.8 Å². The normalized spacial score (nSPS) is 11.7. The number of aliphatic carboxylic acids is 2. The van der Waals surface area contributed by atoms with E-state index in [0.29, 0.717) is 54.1 Å². The lowest BCUT2D eigenvalue weighted by Gasteiger charge is -2.38. The van der Waals surface area contributed by atoms with Crippen LogP contribution in [0, 0.1) is 5.92 Å².